The fourth-order valence-electron chi connectivity index (χ4n) is 3.67. The van der Waals surface area contributed by atoms with Gasteiger partial charge in [-0.2, -0.15) is 4.83 Å². The molecule has 2 N–H and O–H groups in total. The summed E-state index contributed by atoms with van der Waals surface area (Å²) in [5.41, 5.74) is 6.09. The third-order valence-electron chi connectivity index (χ3n) is 5.49. The van der Waals surface area contributed by atoms with Crippen molar-refractivity contribution in [1.82, 2.24) is 15.2 Å². The van der Waals surface area contributed by atoms with Crippen LogP contribution in [0.15, 0.2) is 66.7 Å². The first kappa shape index (κ1) is 22.3. The van der Waals surface area contributed by atoms with Crippen molar-refractivity contribution in [3.63, 3.8) is 0 Å². The molecule has 1 heterocycles. The topological polar surface area (TPSA) is 53.6 Å². The summed E-state index contributed by atoms with van der Waals surface area (Å²) < 4.78 is 19.8. The van der Waals surface area contributed by atoms with Gasteiger partial charge in [-0.05, 0) is 53.4 Å². The number of ether oxygens (including phenoxy) is 1. The third-order valence-corrected chi connectivity index (χ3v) is 6.34. The van der Waals surface area contributed by atoms with E-state index in [-0.39, 0.29) is 5.56 Å². The van der Waals surface area contributed by atoms with Gasteiger partial charge in [0.25, 0.3) is 5.91 Å². The quantitative estimate of drug-likeness (QED) is 0.388. The number of hydrogen-bond acceptors (Lipinski definition) is 5. The van der Waals surface area contributed by atoms with Crippen molar-refractivity contribution in [2.24, 2.45) is 0 Å². The number of likely N-dealkylation sites (tertiary alicyclic amines) is 1. The molecular formula is C25H26FN3O2S. The summed E-state index contributed by atoms with van der Waals surface area (Å²) in [6, 6.07) is 21.1. The largest absolute Gasteiger partial charge is 0.497 e. The summed E-state index contributed by atoms with van der Waals surface area (Å²) in [6.45, 7) is 4.38. The van der Waals surface area contributed by atoms with Crippen molar-refractivity contribution in [3.05, 3.63) is 89.2 Å². The van der Waals surface area contributed by atoms with E-state index in [1.807, 2.05) is 42.5 Å². The number of hydrazine groups is 1. The van der Waals surface area contributed by atoms with Gasteiger partial charge in [0.2, 0.25) is 0 Å². The van der Waals surface area contributed by atoms with Crippen molar-refractivity contribution < 1.29 is 13.9 Å². The van der Waals surface area contributed by atoms with Gasteiger partial charge in [0.1, 0.15) is 11.6 Å². The molecule has 1 saturated heterocycles. The van der Waals surface area contributed by atoms with E-state index in [0.29, 0.717) is 10.8 Å². The number of aryl methyl sites for hydroxylation is 1. The van der Waals surface area contributed by atoms with Crippen LogP contribution in [0.3, 0.4) is 0 Å². The highest BCUT2D eigenvalue weighted by molar-refractivity contribution is 7.98. The first-order valence-electron chi connectivity index (χ1n) is 10.5. The number of nitrogens with one attached hydrogen (secondary N) is 2. The molecule has 0 aliphatic carbocycles. The zero-order valence-corrected chi connectivity index (χ0v) is 18.9. The molecule has 7 heteroatoms. The average Bonchev–Trinajstić information content (AvgIpc) is 2.79. The van der Waals surface area contributed by atoms with Crippen LogP contribution in [0.1, 0.15) is 21.5 Å². The first-order chi connectivity index (χ1) is 15.5. The molecule has 1 amide bonds. The lowest BCUT2D eigenvalue weighted by atomic mass is 9.99. The van der Waals surface area contributed by atoms with Gasteiger partial charge < -0.3 is 4.74 Å². The van der Waals surface area contributed by atoms with Crippen LogP contribution in [-0.2, 0) is 6.54 Å². The number of carbonyl (C=O) groups is 1. The summed E-state index contributed by atoms with van der Waals surface area (Å²) in [4.78, 5) is 17.8. The molecular weight excluding hydrogens is 425 g/mol. The highest BCUT2D eigenvalue weighted by Gasteiger charge is 2.27. The Hall–Kier alpha value is -2.87. The fraction of sp³-hybridized carbons (Fsp3) is 0.240. The van der Waals surface area contributed by atoms with Gasteiger partial charge in [-0.3, -0.25) is 15.1 Å². The monoisotopic (exact) mass is 451 g/mol. The lowest BCUT2D eigenvalue weighted by Gasteiger charge is -2.38. The Kier molecular flexibility index (Phi) is 7.09. The minimum atomic E-state index is -0.497. The second-order valence-corrected chi connectivity index (χ2v) is 8.97. The van der Waals surface area contributed by atoms with Crippen LogP contribution in [0, 0.1) is 12.7 Å². The van der Waals surface area contributed by atoms with Crippen molar-refractivity contribution >= 4 is 17.9 Å². The van der Waals surface area contributed by atoms with Crippen LogP contribution in [0.2, 0.25) is 0 Å². The van der Waals surface area contributed by atoms with Crippen molar-refractivity contribution in [2.75, 3.05) is 20.2 Å². The Morgan fingerprint density at radius 3 is 2.50 bits per heavy atom. The van der Waals surface area contributed by atoms with Crippen LogP contribution < -0.4 is 15.0 Å². The molecule has 3 aromatic carbocycles. The Bertz CT molecular complexity index is 1070. The Morgan fingerprint density at radius 2 is 1.81 bits per heavy atom. The number of rotatable bonds is 8. The fourth-order valence-corrected chi connectivity index (χ4v) is 4.56. The predicted molar refractivity (Wildman–Crippen MR) is 127 cm³/mol. The Balaban J connectivity index is 1.26. The molecule has 0 saturated carbocycles. The molecule has 0 bridgehead atoms. The third kappa shape index (κ3) is 5.30. The summed E-state index contributed by atoms with van der Waals surface area (Å²) in [5, 5.41) is 0.357. The number of benzene rings is 3. The summed E-state index contributed by atoms with van der Waals surface area (Å²) in [6.07, 6.45) is 0. The second kappa shape index (κ2) is 10.2. The molecule has 0 atom stereocenters. The second-order valence-electron chi connectivity index (χ2n) is 7.86. The van der Waals surface area contributed by atoms with Crippen molar-refractivity contribution in [1.29, 1.82) is 0 Å². The molecule has 5 nitrogen and oxygen atoms in total. The lowest BCUT2D eigenvalue weighted by Crippen LogP contribution is -2.50. The summed E-state index contributed by atoms with van der Waals surface area (Å²) >= 11 is 1.45. The molecule has 0 unspecified atom stereocenters. The Labute approximate surface area is 192 Å². The molecule has 1 fully saturated rings. The van der Waals surface area contributed by atoms with Crippen LogP contribution >= 0.6 is 11.9 Å². The van der Waals surface area contributed by atoms with Crippen molar-refractivity contribution in [2.45, 2.75) is 18.7 Å². The highest BCUT2D eigenvalue weighted by Crippen LogP contribution is 2.25. The smallest absolute Gasteiger partial charge is 0.269 e. The number of halogens is 1. The summed E-state index contributed by atoms with van der Waals surface area (Å²) in [5.74, 6) is -0.125. The van der Waals surface area contributed by atoms with E-state index >= 15 is 0 Å². The van der Waals surface area contributed by atoms with Crippen molar-refractivity contribution in [3.8, 4) is 16.9 Å². The zero-order chi connectivity index (χ0) is 22.5. The zero-order valence-electron chi connectivity index (χ0n) is 18.1. The molecule has 0 aromatic heterocycles. The van der Waals surface area contributed by atoms with Gasteiger partial charge in [-0.1, -0.05) is 54.4 Å². The van der Waals surface area contributed by atoms with Gasteiger partial charge in [-0.25, -0.2) is 4.39 Å². The minimum absolute atomic E-state index is 0.0340. The van der Waals surface area contributed by atoms with E-state index in [1.54, 1.807) is 26.2 Å². The molecule has 1 aliphatic rings. The first-order valence-corrected chi connectivity index (χ1v) is 11.3. The number of methoxy groups -OCH3 is 1. The maximum Gasteiger partial charge on any atom is 0.269 e. The normalized spacial score (nSPS) is 14.1. The molecule has 32 heavy (non-hydrogen) atoms. The van der Waals surface area contributed by atoms with E-state index in [2.05, 4.69) is 27.3 Å². The van der Waals surface area contributed by atoms with Gasteiger partial charge >= 0.3 is 0 Å². The van der Waals surface area contributed by atoms with E-state index in [1.165, 1.54) is 17.5 Å². The van der Waals surface area contributed by atoms with Gasteiger partial charge in [0.05, 0.1) is 12.7 Å². The van der Waals surface area contributed by atoms with E-state index < -0.39 is 11.7 Å². The van der Waals surface area contributed by atoms with Gasteiger partial charge in [-0.15, -0.1) is 0 Å². The SMILES string of the molecule is COc1ccc(CN2CC(SNNC(=O)c3cc(-c4ccccc4)cc(C)c3F)C2)cc1. The minimum Gasteiger partial charge on any atom is -0.497 e. The van der Waals surface area contributed by atoms with E-state index in [9.17, 15) is 9.18 Å². The maximum atomic E-state index is 14.6. The number of carbonyl (C=O) groups excluding carboxylic acids is 1. The lowest BCUT2D eigenvalue weighted by molar-refractivity contribution is 0.0942. The van der Waals surface area contributed by atoms with E-state index in [4.69, 9.17) is 4.74 Å². The standard InChI is InChI=1S/C25H26FN3O2S/c1-17-12-20(19-6-4-3-5-7-19)13-23(24(17)26)25(30)27-28-32-22-15-29(16-22)14-18-8-10-21(31-2)11-9-18/h3-13,22,28H,14-16H2,1-2H3,(H,27,30). The van der Waals surface area contributed by atoms with E-state index in [0.717, 1.165) is 36.5 Å². The Morgan fingerprint density at radius 1 is 1.09 bits per heavy atom. The molecule has 1 aliphatic heterocycles. The molecule has 0 radical (unpaired) electrons. The molecule has 166 valence electrons. The maximum absolute atomic E-state index is 14.6. The highest BCUT2D eigenvalue weighted by atomic mass is 32.2. The average molecular weight is 452 g/mol. The van der Waals surface area contributed by atoms with Crippen LogP contribution in [0.4, 0.5) is 4.39 Å². The predicted octanol–water partition coefficient (Wildman–Crippen LogP) is 4.58. The van der Waals surface area contributed by atoms with Crippen LogP contribution in [0.5, 0.6) is 5.75 Å². The number of nitrogens with zero attached hydrogens (tertiary/aromatic N) is 1. The molecule has 0 spiro atoms. The summed E-state index contributed by atoms with van der Waals surface area (Å²) in [7, 11) is 1.66. The molecule has 3 aromatic rings. The van der Waals surface area contributed by atoms with Crippen LogP contribution in [-0.4, -0.2) is 36.3 Å². The van der Waals surface area contributed by atoms with Gasteiger partial charge in [0, 0.05) is 24.9 Å². The molecule has 4 rings (SSSR count). The van der Waals surface area contributed by atoms with Crippen LogP contribution in [0.25, 0.3) is 11.1 Å². The van der Waals surface area contributed by atoms with Gasteiger partial charge in [0.15, 0.2) is 0 Å². The number of hydrogen-bond donors (Lipinski definition) is 2. The number of amides is 1.